The first kappa shape index (κ1) is 17.9. The van der Waals surface area contributed by atoms with Crippen molar-refractivity contribution in [2.24, 2.45) is 0 Å². The van der Waals surface area contributed by atoms with Crippen LogP contribution in [0.5, 0.6) is 5.75 Å². The zero-order valence-electron chi connectivity index (χ0n) is 14.9. The highest BCUT2D eigenvalue weighted by Crippen LogP contribution is 2.44. The maximum absolute atomic E-state index is 13.1. The summed E-state index contributed by atoms with van der Waals surface area (Å²) in [6.45, 7) is 0. The highest BCUT2D eigenvalue weighted by molar-refractivity contribution is 7.12. The maximum Gasteiger partial charge on any atom is 0.294 e. The Hall–Kier alpha value is -3.45. The van der Waals surface area contributed by atoms with Gasteiger partial charge in [0.25, 0.3) is 5.91 Å². The van der Waals surface area contributed by atoms with Gasteiger partial charge >= 0.3 is 0 Å². The largest absolute Gasteiger partial charge is 0.503 e. The number of pyridine rings is 1. The molecule has 1 amide bonds. The second-order valence-corrected chi connectivity index (χ2v) is 7.02. The molecule has 2 aromatic heterocycles. The third-order valence-corrected chi connectivity index (χ3v) is 5.38. The smallest absolute Gasteiger partial charge is 0.294 e. The molecule has 1 N–H and O–H groups in total. The van der Waals surface area contributed by atoms with Crippen molar-refractivity contribution in [1.82, 2.24) is 4.98 Å². The number of ketones is 1. The van der Waals surface area contributed by atoms with Gasteiger partial charge in [0, 0.05) is 6.20 Å². The summed E-state index contributed by atoms with van der Waals surface area (Å²) in [6.07, 6.45) is 1.59. The molecule has 7 heteroatoms. The van der Waals surface area contributed by atoms with E-state index in [0.29, 0.717) is 22.0 Å². The van der Waals surface area contributed by atoms with Crippen molar-refractivity contribution in [2.45, 2.75) is 6.04 Å². The summed E-state index contributed by atoms with van der Waals surface area (Å²) in [4.78, 5) is 32.3. The van der Waals surface area contributed by atoms with Crippen LogP contribution >= 0.6 is 11.3 Å². The van der Waals surface area contributed by atoms with Gasteiger partial charge in [-0.25, -0.2) is 0 Å². The first-order chi connectivity index (χ1) is 13.6. The van der Waals surface area contributed by atoms with Gasteiger partial charge in [0.1, 0.15) is 11.8 Å². The Morgan fingerprint density at radius 2 is 1.93 bits per heavy atom. The fourth-order valence-electron chi connectivity index (χ4n) is 3.27. The Balaban J connectivity index is 1.91. The number of benzene rings is 1. The highest BCUT2D eigenvalue weighted by Gasteiger charge is 2.46. The van der Waals surface area contributed by atoms with Gasteiger partial charge in [-0.3, -0.25) is 19.5 Å². The standard InChI is InChI=1S/C21H16N2O4S/c1-27-15-9-3-2-8-14(15)23-18(13-7-4-5-11-22-13)17(20(25)21(23)26)19(24)16-10-6-12-28-16/h2-12,18,25H,1H3. The van der Waals surface area contributed by atoms with Crippen molar-refractivity contribution in [3.8, 4) is 5.75 Å². The van der Waals surface area contributed by atoms with Crippen LogP contribution in [0.1, 0.15) is 21.4 Å². The number of carbonyl (C=O) groups is 2. The third kappa shape index (κ3) is 2.86. The van der Waals surface area contributed by atoms with Gasteiger partial charge in [0.05, 0.1) is 28.9 Å². The molecule has 1 aromatic carbocycles. The van der Waals surface area contributed by atoms with E-state index in [2.05, 4.69) is 4.98 Å². The lowest BCUT2D eigenvalue weighted by Crippen LogP contribution is -2.31. The van der Waals surface area contributed by atoms with E-state index in [-0.39, 0.29) is 5.57 Å². The molecule has 0 fully saturated rings. The first-order valence-corrected chi connectivity index (χ1v) is 9.40. The summed E-state index contributed by atoms with van der Waals surface area (Å²) < 4.78 is 5.40. The quantitative estimate of drug-likeness (QED) is 0.666. The molecular formula is C21H16N2O4S. The maximum atomic E-state index is 13.1. The van der Waals surface area contributed by atoms with Crippen molar-refractivity contribution in [3.05, 3.63) is 88.1 Å². The normalized spacial score (nSPS) is 16.5. The molecule has 3 aromatic rings. The number of amides is 1. The van der Waals surface area contributed by atoms with Crippen LogP contribution in [0.2, 0.25) is 0 Å². The number of ether oxygens (including phenoxy) is 1. The highest BCUT2D eigenvalue weighted by atomic mass is 32.1. The van der Waals surface area contributed by atoms with Gasteiger partial charge in [-0.2, -0.15) is 0 Å². The number of aliphatic hydroxyl groups excluding tert-OH is 1. The van der Waals surface area contributed by atoms with E-state index in [0.717, 1.165) is 0 Å². The number of rotatable bonds is 5. The molecular weight excluding hydrogens is 376 g/mol. The summed E-state index contributed by atoms with van der Waals surface area (Å²) in [7, 11) is 1.50. The van der Waals surface area contributed by atoms with Gasteiger partial charge in [-0.1, -0.05) is 24.3 Å². The van der Waals surface area contributed by atoms with E-state index in [1.807, 2.05) is 0 Å². The number of aromatic nitrogens is 1. The number of para-hydroxylation sites is 2. The number of anilines is 1. The molecule has 0 saturated heterocycles. The monoisotopic (exact) mass is 392 g/mol. The molecule has 140 valence electrons. The number of hydrogen-bond donors (Lipinski definition) is 1. The zero-order valence-corrected chi connectivity index (χ0v) is 15.7. The lowest BCUT2D eigenvalue weighted by Gasteiger charge is -2.27. The minimum absolute atomic E-state index is 0.0112. The van der Waals surface area contributed by atoms with Crippen LogP contribution in [-0.2, 0) is 4.79 Å². The Morgan fingerprint density at radius 3 is 2.61 bits per heavy atom. The Kier molecular flexibility index (Phi) is 4.67. The summed E-state index contributed by atoms with van der Waals surface area (Å²) in [6, 6.07) is 14.8. The van der Waals surface area contributed by atoms with Crippen molar-refractivity contribution in [3.63, 3.8) is 0 Å². The molecule has 1 aliphatic heterocycles. The summed E-state index contributed by atoms with van der Waals surface area (Å²) >= 11 is 1.25. The second kappa shape index (κ2) is 7.28. The van der Waals surface area contributed by atoms with E-state index in [1.54, 1.807) is 66.2 Å². The lowest BCUT2D eigenvalue weighted by molar-refractivity contribution is -0.117. The van der Waals surface area contributed by atoms with Crippen LogP contribution in [0.15, 0.2) is 77.5 Å². The van der Waals surface area contributed by atoms with Crippen LogP contribution in [-0.4, -0.2) is 28.9 Å². The van der Waals surface area contributed by atoms with E-state index in [4.69, 9.17) is 4.74 Å². The predicted octanol–water partition coefficient (Wildman–Crippen LogP) is 3.93. The van der Waals surface area contributed by atoms with Crippen molar-refractivity contribution < 1.29 is 19.4 Å². The number of carbonyl (C=O) groups excluding carboxylic acids is 2. The molecule has 0 bridgehead atoms. The van der Waals surface area contributed by atoms with E-state index in [9.17, 15) is 14.7 Å². The topological polar surface area (TPSA) is 79.7 Å². The first-order valence-electron chi connectivity index (χ1n) is 8.52. The van der Waals surface area contributed by atoms with Gasteiger partial charge in [-0.05, 0) is 35.7 Å². The third-order valence-electron chi connectivity index (χ3n) is 4.51. The number of aliphatic hydroxyl groups is 1. The number of methoxy groups -OCH3 is 1. The molecule has 0 aliphatic carbocycles. The predicted molar refractivity (Wildman–Crippen MR) is 106 cm³/mol. The van der Waals surface area contributed by atoms with Crippen molar-refractivity contribution >= 4 is 28.7 Å². The number of Topliss-reactive ketones (excluding diaryl/α,β-unsaturated/α-hetero) is 1. The fraction of sp³-hybridized carbons (Fsp3) is 0.0952. The number of hydrogen-bond acceptors (Lipinski definition) is 6. The Morgan fingerprint density at radius 1 is 1.14 bits per heavy atom. The summed E-state index contributed by atoms with van der Waals surface area (Å²) in [5.41, 5.74) is 0.939. The van der Waals surface area contributed by atoms with Gasteiger partial charge in [0.15, 0.2) is 5.76 Å². The lowest BCUT2D eigenvalue weighted by atomic mass is 9.98. The number of nitrogens with zero attached hydrogens (tertiary/aromatic N) is 2. The van der Waals surface area contributed by atoms with Gasteiger partial charge in [-0.15, -0.1) is 11.3 Å². The molecule has 0 saturated carbocycles. The van der Waals surface area contributed by atoms with Crippen LogP contribution in [0, 0.1) is 0 Å². The molecule has 0 spiro atoms. The SMILES string of the molecule is COc1ccccc1N1C(=O)C(O)=C(C(=O)c2cccs2)C1c1ccccn1. The van der Waals surface area contributed by atoms with Crippen molar-refractivity contribution in [2.75, 3.05) is 12.0 Å². The molecule has 1 unspecified atom stereocenters. The summed E-state index contributed by atoms with van der Waals surface area (Å²) in [5.74, 6) is -1.18. The van der Waals surface area contributed by atoms with Crippen molar-refractivity contribution in [1.29, 1.82) is 0 Å². The molecule has 1 aliphatic rings. The van der Waals surface area contributed by atoms with E-state index < -0.39 is 23.5 Å². The minimum atomic E-state index is -0.861. The van der Waals surface area contributed by atoms with Crippen LogP contribution in [0.3, 0.4) is 0 Å². The molecule has 3 heterocycles. The molecule has 4 rings (SSSR count). The average molecular weight is 392 g/mol. The zero-order chi connectivity index (χ0) is 19.7. The van der Waals surface area contributed by atoms with Crippen LogP contribution in [0.4, 0.5) is 5.69 Å². The summed E-state index contributed by atoms with van der Waals surface area (Å²) in [5, 5.41) is 12.4. The molecule has 0 radical (unpaired) electrons. The van der Waals surface area contributed by atoms with E-state index in [1.165, 1.54) is 23.3 Å². The van der Waals surface area contributed by atoms with Gasteiger partial charge < -0.3 is 9.84 Å². The fourth-order valence-corrected chi connectivity index (χ4v) is 3.95. The van der Waals surface area contributed by atoms with Crippen LogP contribution < -0.4 is 9.64 Å². The molecule has 1 atom stereocenters. The molecule has 6 nitrogen and oxygen atoms in total. The Labute approximate surface area is 165 Å². The molecule has 28 heavy (non-hydrogen) atoms. The van der Waals surface area contributed by atoms with Crippen LogP contribution in [0.25, 0.3) is 0 Å². The minimum Gasteiger partial charge on any atom is -0.503 e. The number of thiophene rings is 1. The Bertz CT molecular complexity index is 1060. The second-order valence-electron chi connectivity index (χ2n) is 6.07. The van der Waals surface area contributed by atoms with Gasteiger partial charge in [0.2, 0.25) is 5.78 Å². The van der Waals surface area contributed by atoms with E-state index >= 15 is 0 Å². The average Bonchev–Trinajstić information content (AvgIpc) is 3.36.